The number of anilines is 2. The van der Waals surface area contributed by atoms with E-state index in [0.29, 0.717) is 18.7 Å². The number of nitrogens with one attached hydrogen (secondary N) is 1. The molecule has 0 aliphatic heterocycles. The topological polar surface area (TPSA) is 94.0 Å². The van der Waals surface area contributed by atoms with Crippen LogP contribution in [0.3, 0.4) is 0 Å². The number of carbonyl (C=O) groups excluding carboxylic acids is 1. The Kier molecular flexibility index (Phi) is 3.20. The van der Waals surface area contributed by atoms with Gasteiger partial charge in [-0.3, -0.25) is 4.79 Å². The van der Waals surface area contributed by atoms with E-state index in [1.807, 2.05) is 11.4 Å². The molecule has 0 radical (unpaired) electrons. The second kappa shape index (κ2) is 5.00. The molecule has 1 aliphatic rings. The van der Waals surface area contributed by atoms with Gasteiger partial charge in [0.25, 0.3) is 0 Å². The van der Waals surface area contributed by atoms with Crippen LogP contribution >= 0.6 is 11.3 Å². The lowest BCUT2D eigenvalue weighted by atomic mass is 9.84. The number of rotatable bonds is 3. The molecule has 2 heterocycles. The Labute approximate surface area is 114 Å². The van der Waals surface area contributed by atoms with Crippen molar-refractivity contribution in [3.8, 4) is 0 Å². The van der Waals surface area contributed by atoms with Crippen LogP contribution in [0.5, 0.6) is 0 Å². The van der Waals surface area contributed by atoms with Crippen molar-refractivity contribution < 1.29 is 9.42 Å². The first-order valence-corrected chi connectivity index (χ1v) is 7.00. The lowest BCUT2D eigenvalue weighted by molar-refractivity contribution is -0.120. The van der Waals surface area contributed by atoms with E-state index >= 15 is 0 Å². The highest BCUT2D eigenvalue weighted by Crippen LogP contribution is 2.35. The number of nitrogens with two attached hydrogens (primary N) is 1. The molecule has 19 heavy (non-hydrogen) atoms. The van der Waals surface area contributed by atoms with Crippen LogP contribution in [0.15, 0.2) is 22.1 Å². The predicted octanol–water partition coefficient (Wildman–Crippen LogP) is 2.03. The molecule has 1 aliphatic carbocycles. The van der Waals surface area contributed by atoms with Crippen molar-refractivity contribution in [1.82, 2.24) is 10.3 Å². The van der Waals surface area contributed by atoms with Crippen LogP contribution in [-0.2, 0) is 4.79 Å². The van der Waals surface area contributed by atoms with E-state index in [1.54, 1.807) is 11.3 Å². The summed E-state index contributed by atoms with van der Waals surface area (Å²) >= 11 is 1.69. The first-order valence-electron chi connectivity index (χ1n) is 6.12. The lowest BCUT2D eigenvalue weighted by Crippen LogP contribution is -2.31. The minimum Gasteiger partial charge on any atom is -0.378 e. The fraction of sp³-hybridized carbons (Fsp3) is 0.417. The van der Waals surface area contributed by atoms with E-state index in [9.17, 15) is 4.79 Å². The summed E-state index contributed by atoms with van der Waals surface area (Å²) in [6.45, 7) is 0. The Bertz CT molecular complexity index is 566. The molecule has 0 spiro atoms. The molecule has 0 aromatic carbocycles. The largest absolute Gasteiger partial charge is 0.378 e. The molecule has 0 saturated heterocycles. The molecule has 2 aromatic heterocycles. The van der Waals surface area contributed by atoms with E-state index in [1.165, 1.54) is 4.88 Å². The molecular weight excluding hydrogens is 264 g/mol. The molecule has 0 bridgehead atoms. The average molecular weight is 278 g/mol. The molecular formula is C12H14N4O2S. The fourth-order valence-corrected chi connectivity index (χ4v) is 3.33. The number of Topliss-reactive ketones (excluding diaryl/α,β-unsaturated/α-hetero) is 1. The molecule has 1 saturated carbocycles. The highest BCUT2D eigenvalue weighted by molar-refractivity contribution is 7.10. The number of aromatic nitrogens is 2. The van der Waals surface area contributed by atoms with Gasteiger partial charge in [-0.05, 0) is 28.2 Å². The fourth-order valence-electron chi connectivity index (χ4n) is 2.48. The number of carbonyl (C=O) groups is 1. The summed E-state index contributed by atoms with van der Waals surface area (Å²) in [6, 6.07) is 4.13. The Morgan fingerprint density at radius 1 is 1.42 bits per heavy atom. The summed E-state index contributed by atoms with van der Waals surface area (Å²) in [5.74, 6) is 1.19. The molecule has 0 unspecified atom stereocenters. The Hall–Kier alpha value is -1.89. The molecule has 100 valence electrons. The summed E-state index contributed by atoms with van der Waals surface area (Å²) in [7, 11) is 0. The molecule has 1 fully saturated rings. The molecule has 2 aromatic rings. The molecule has 7 heteroatoms. The number of hydrogen-bond acceptors (Lipinski definition) is 7. The Morgan fingerprint density at radius 2 is 2.32 bits per heavy atom. The van der Waals surface area contributed by atoms with Crippen LogP contribution in [-0.4, -0.2) is 22.1 Å². The maximum atomic E-state index is 11.9. The van der Waals surface area contributed by atoms with Gasteiger partial charge in [-0.15, -0.1) is 11.3 Å². The molecule has 0 amide bonds. The minimum absolute atomic E-state index is 0.0301. The first kappa shape index (κ1) is 12.2. The SMILES string of the molecule is Nc1nonc1N[C@H]1CC(=O)C[C@H](c2cccs2)C1. The number of hydrogen-bond donors (Lipinski definition) is 2. The van der Waals surface area contributed by atoms with Crippen molar-refractivity contribution in [1.29, 1.82) is 0 Å². The van der Waals surface area contributed by atoms with Crippen molar-refractivity contribution in [3.63, 3.8) is 0 Å². The van der Waals surface area contributed by atoms with Crippen molar-refractivity contribution in [2.24, 2.45) is 0 Å². The smallest absolute Gasteiger partial charge is 0.215 e. The van der Waals surface area contributed by atoms with Gasteiger partial charge in [-0.2, -0.15) is 0 Å². The van der Waals surface area contributed by atoms with E-state index in [2.05, 4.69) is 26.3 Å². The van der Waals surface area contributed by atoms with Gasteiger partial charge in [-0.1, -0.05) is 6.07 Å². The number of thiophene rings is 1. The van der Waals surface area contributed by atoms with Crippen LogP contribution in [0, 0.1) is 0 Å². The normalized spacial score (nSPS) is 23.5. The monoisotopic (exact) mass is 278 g/mol. The van der Waals surface area contributed by atoms with E-state index in [4.69, 9.17) is 5.73 Å². The van der Waals surface area contributed by atoms with Crippen LogP contribution in [0.25, 0.3) is 0 Å². The minimum atomic E-state index is 0.0301. The summed E-state index contributed by atoms with van der Waals surface area (Å²) in [5, 5.41) is 12.4. The zero-order valence-corrected chi connectivity index (χ0v) is 11.0. The van der Waals surface area contributed by atoms with Gasteiger partial charge < -0.3 is 11.1 Å². The van der Waals surface area contributed by atoms with Crippen LogP contribution < -0.4 is 11.1 Å². The number of ketones is 1. The first-order chi connectivity index (χ1) is 9.22. The second-order valence-corrected chi connectivity index (χ2v) is 5.71. The number of nitrogen functional groups attached to an aromatic ring is 1. The van der Waals surface area contributed by atoms with Crippen LogP contribution in [0.4, 0.5) is 11.6 Å². The summed E-state index contributed by atoms with van der Waals surface area (Å²) in [5.41, 5.74) is 5.61. The van der Waals surface area contributed by atoms with E-state index in [-0.39, 0.29) is 23.6 Å². The maximum Gasteiger partial charge on any atom is 0.215 e. The average Bonchev–Trinajstić information content (AvgIpc) is 3.01. The Morgan fingerprint density at radius 3 is 3.00 bits per heavy atom. The lowest BCUT2D eigenvalue weighted by Gasteiger charge is -2.28. The second-order valence-electron chi connectivity index (χ2n) is 4.73. The zero-order chi connectivity index (χ0) is 13.2. The summed E-state index contributed by atoms with van der Waals surface area (Å²) in [6.07, 6.45) is 2.00. The third-order valence-electron chi connectivity index (χ3n) is 3.32. The van der Waals surface area contributed by atoms with E-state index < -0.39 is 0 Å². The number of nitrogens with zero attached hydrogens (tertiary/aromatic N) is 2. The van der Waals surface area contributed by atoms with Crippen LogP contribution in [0.2, 0.25) is 0 Å². The van der Waals surface area contributed by atoms with Gasteiger partial charge in [0.2, 0.25) is 11.6 Å². The van der Waals surface area contributed by atoms with Crippen molar-refractivity contribution in [2.45, 2.75) is 31.2 Å². The summed E-state index contributed by atoms with van der Waals surface area (Å²) < 4.78 is 4.54. The van der Waals surface area contributed by atoms with Gasteiger partial charge in [0.05, 0.1) is 0 Å². The highest BCUT2D eigenvalue weighted by Gasteiger charge is 2.29. The van der Waals surface area contributed by atoms with Gasteiger partial charge >= 0.3 is 0 Å². The van der Waals surface area contributed by atoms with Crippen LogP contribution in [0.1, 0.15) is 30.1 Å². The third-order valence-corrected chi connectivity index (χ3v) is 4.35. The van der Waals surface area contributed by atoms with Gasteiger partial charge in [0, 0.05) is 29.7 Å². The third kappa shape index (κ3) is 2.60. The van der Waals surface area contributed by atoms with Crippen molar-refractivity contribution in [3.05, 3.63) is 22.4 Å². The highest BCUT2D eigenvalue weighted by atomic mass is 32.1. The molecule has 6 nitrogen and oxygen atoms in total. The quantitative estimate of drug-likeness (QED) is 0.892. The van der Waals surface area contributed by atoms with Gasteiger partial charge in [0.15, 0.2) is 0 Å². The van der Waals surface area contributed by atoms with Crippen molar-refractivity contribution in [2.75, 3.05) is 11.1 Å². The summed E-state index contributed by atoms with van der Waals surface area (Å²) in [4.78, 5) is 13.1. The van der Waals surface area contributed by atoms with Crippen molar-refractivity contribution >= 4 is 28.8 Å². The molecule has 3 N–H and O–H groups in total. The predicted molar refractivity (Wildman–Crippen MR) is 72.0 cm³/mol. The van der Waals surface area contributed by atoms with Gasteiger partial charge in [-0.25, -0.2) is 4.63 Å². The molecule has 2 atom stereocenters. The van der Waals surface area contributed by atoms with E-state index in [0.717, 1.165) is 6.42 Å². The Balaban J connectivity index is 1.72. The van der Waals surface area contributed by atoms with Gasteiger partial charge in [0.1, 0.15) is 5.78 Å². The molecule has 3 rings (SSSR count). The zero-order valence-electron chi connectivity index (χ0n) is 10.2. The standard InChI is InChI=1S/C12H14N4O2S/c13-11-12(16-18-15-11)14-8-4-7(5-9(17)6-8)10-2-1-3-19-10/h1-3,7-8H,4-6H2,(H2,13,15)(H,14,16)/t7-,8-/m1/s1. The maximum absolute atomic E-state index is 11.9.